The fraction of sp³-hybridized carbons (Fsp3) is 1.00. The Bertz CT molecular complexity index is 256. The fourth-order valence-electron chi connectivity index (χ4n) is 2.61. The summed E-state index contributed by atoms with van der Waals surface area (Å²) in [5.74, 6) is 0. The number of rotatable bonds is 7. The van der Waals surface area contributed by atoms with Gasteiger partial charge in [-0.2, -0.15) is 0 Å². The SMILES string of the molecule is CO[Si](CCCC1COC2OCCN12)(OC)OC. The molecular weight excluding hydrogens is 254 g/mol. The highest BCUT2D eigenvalue weighted by atomic mass is 28.4. The van der Waals surface area contributed by atoms with Crippen LogP contribution in [0, 0.1) is 0 Å². The summed E-state index contributed by atoms with van der Waals surface area (Å²) in [6.07, 6.45) is 1.97. The number of hydrogen-bond donors (Lipinski definition) is 0. The van der Waals surface area contributed by atoms with Crippen LogP contribution in [0.4, 0.5) is 0 Å². The summed E-state index contributed by atoms with van der Waals surface area (Å²) >= 11 is 0. The minimum Gasteiger partial charge on any atom is -0.377 e. The van der Waals surface area contributed by atoms with Crippen LogP contribution in [-0.4, -0.2) is 67.2 Å². The topological polar surface area (TPSA) is 49.4 Å². The van der Waals surface area contributed by atoms with Crippen LogP contribution in [0.15, 0.2) is 0 Å². The van der Waals surface area contributed by atoms with E-state index in [9.17, 15) is 0 Å². The highest BCUT2D eigenvalue weighted by Crippen LogP contribution is 2.27. The van der Waals surface area contributed by atoms with Gasteiger partial charge in [-0.3, -0.25) is 0 Å². The fourth-order valence-corrected chi connectivity index (χ4v) is 4.36. The summed E-state index contributed by atoms with van der Waals surface area (Å²) in [5.41, 5.74) is 0. The summed E-state index contributed by atoms with van der Waals surface area (Å²) in [6, 6.07) is 1.29. The molecule has 2 aliphatic heterocycles. The maximum absolute atomic E-state index is 5.57. The van der Waals surface area contributed by atoms with Crippen molar-refractivity contribution in [3.8, 4) is 0 Å². The third kappa shape index (κ3) is 2.93. The summed E-state index contributed by atoms with van der Waals surface area (Å²) in [4.78, 5) is 2.29. The second-order valence-corrected chi connectivity index (χ2v) is 7.68. The molecule has 2 fully saturated rings. The minimum atomic E-state index is -2.41. The molecule has 0 spiro atoms. The minimum absolute atomic E-state index is 0.107. The van der Waals surface area contributed by atoms with Gasteiger partial charge in [-0.25, -0.2) is 4.90 Å². The Kier molecular flexibility index (Phi) is 5.13. The quantitative estimate of drug-likeness (QED) is 0.637. The van der Waals surface area contributed by atoms with Gasteiger partial charge in [-0.05, 0) is 12.8 Å². The van der Waals surface area contributed by atoms with Gasteiger partial charge in [-0.15, -0.1) is 0 Å². The smallest absolute Gasteiger partial charge is 0.377 e. The van der Waals surface area contributed by atoms with Gasteiger partial charge in [0.25, 0.3) is 0 Å². The van der Waals surface area contributed by atoms with Crippen LogP contribution >= 0.6 is 0 Å². The van der Waals surface area contributed by atoms with E-state index in [4.69, 9.17) is 22.8 Å². The normalized spacial score (nSPS) is 28.8. The molecule has 7 heteroatoms. The standard InChI is InChI=1S/C11H23NO5Si/c1-13-18(14-2,15-3)8-4-5-10-9-17-11-12(10)6-7-16-11/h10-11H,4-9H2,1-3H3. The maximum atomic E-state index is 5.57. The van der Waals surface area contributed by atoms with Gasteiger partial charge in [0.15, 0.2) is 0 Å². The third-order valence-corrected chi connectivity index (χ3v) is 6.57. The van der Waals surface area contributed by atoms with Crippen LogP contribution in [0.5, 0.6) is 0 Å². The molecule has 0 aromatic rings. The molecule has 2 rings (SSSR count). The van der Waals surface area contributed by atoms with E-state index in [1.807, 2.05) is 0 Å². The second kappa shape index (κ2) is 6.42. The van der Waals surface area contributed by atoms with Gasteiger partial charge in [0.05, 0.1) is 13.2 Å². The van der Waals surface area contributed by atoms with Crippen LogP contribution in [-0.2, 0) is 22.8 Å². The summed E-state index contributed by atoms with van der Waals surface area (Å²) in [7, 11) is 2.55. The van der Waals surface area contributed by atoms with E-state index < -0.39 is 8.80 Å². The highest BCUT2D eigenvalue weighted by molar-refractivity contribution is 6.60. The molecule has 2 unspecified atom stereocenters. The molecule has 6 nitrogen and oxygen atoms in total. The molecular formula is C11H23NO5Si. The van der Waals surface area contributed by atoms with Crippen molar-refractivity contribution in [3.05, 3.63) is 0 Å². The second-order valence-electron chi connectivity index (χ2n) is 4.59. The molecule has 0 radical (unpaired) electrons. The predicted molar refractivity (Wildman–Crippen MR) is 67.0 cm³/mol. The van der Waals surface area contributed by atoms with E-state index in [0.717, 1.165) is 38.6 Å². The summed E-state index contributed by atoms with van der Waals surface area (Å²) in [6.45, 7) is 2.50. The van der Waals surface area contributed by atoms with Crippen molar-refractivity contribution in [1.82, 2.24) is 4.90 Å². The Morgan fingerprint density at radius 2 is 1.89 bits per heavy atom. The van der Waals surface area contributed by atoms with Gasteiger partial charge in [0, 0.05) is 40.0 Å². The zero-order valence-corrected chi connectivity index (χ0v) is 12.4. The molecule has 18 heavy (non-hydrogen) atoms. The van der Waals surface area contributed by atoms with Gasteiger partial charge >= 0.3 is 8.80 Å². The molecule has 0 amide bonds. The van der Waals surface area contributed by atoms with Crippen molar-refractivity contribution in [2.75, 3.05) is 41.1 Å². The van der Waals surface area contributed by atoms with Crippen LogP contribution < -0.4 is 0 Å². The van der Waals surface area contributed by atoms with E-state index in [1.54, 1.807) is 21.3 Å². The Balaban J connectivity index is 1.75. The third-order valence-electron chi connectivity index (χ3n) is 3.73. The Morgan fingerprint density at radius 1 is 1.17 bits per heavy atom. The van der Waals surface area contributed by atoms with Gasteiger partial charge in [0.2, 0.25) is 6.41 Å². The summed E-state index contributed by atoms with van der Waals surface area (Å²) in [5, 5.41) is 0. The van der Waals surface area contributed by atoms with E-state index >= 15 is 0 Å². The monoisotopic (exact) mass is 277 g/mol. The molecule has 0 aliphatic carbocycles. The average Bonchev–Trinajstić information content (AvgIpc) is 2.99. The van der Waals surface area contributed by atoms with Crippen LogP contribution in [0.25, 0.3) is 0 Å². The van der Waals surface area contributed by atoms with Gasteiger partial charge in [-0.1, -0.05) is 0 Å². The highest BCUT2D eigenvalue weighted by Gasteiger charge is 2.40. The molecule has 0 aromatic carbocycles. The molecule has 0 aromatic heterocycles. The van der Waals surface area contributed by atoms with Gasteiger partial charge < -0.3 is 22.8 Å². The molecule has 0 N–H and O–H groups in total. The molecule has 0 bridgehead atoms. The number of ether oxygens (including phenoxy) is 2. The van der Waals surface area contributed by atoms with Crippen molar-refractivity contribution in [2.24, 2.45) is 0 Å². The summed E-state index contributed by atoms with van der Waals surface area (Å²) < 4.78 is 27.3. The lowest BCUT2D eigenvalue weighted by molar-refractivity contribution is -0.122. The first-order chi connectivity index (χ1) is 8.74. The van der Waals surface area contributed by atoms with E-state index in [-0.39, 0.29) is 6.41 Å². The molecule has 2 saturated heterocycles. The van der Waals surface area contributed by atoms with Crippen LogP contribution in [0.2, 0.25) is 6.04 Å². The van der Waals surface area contributed by atoms with Crippen LogP contribution in [0.1, 0.15) is 12.8 Å². The Hall–Kier alpha value is -0.0231. The number of nitrogens with zero attached hydrogens (tertiary/aromatic N) is 1. The maximum Gasteiger partial charge on any atom is 0.500 e. The first kappa shape index (κ1) is 14.4. The average molecular weight is 277 g/mol. The largest absolute Gasteiger partial charge is 0.500 e. The molecule has 0 saturated carbocycles. The first-order valence-electron chi connectivity index (χ1n) is 6.39. The van der Waals surface area contributed by atoms with Crippen molar-refractivity contribution >= 4 is 8.80 Å². The van der Waals surface area contributed by atoms with E-state index in [0.29, 0.717) is 6.04 Å². The zero-order valence-electron chi connectivity index (χ0n) is 11.4. The van der Waals surface area contributed by atoms with Crippen LogP contribution in [0.3, 0.4) is 0 Å². The van der Waals surface area contributed by atoms with Crippen molar-refractivity contribution in [2.45, 2.75) is 31.3 Å². The van der Waals surface area contributed by atoms with Crippen molar-refractivity contribution in [1.29, 1.82) is 0 Å². The lowest BCUT2D eigenvalue weighted by Gasteiger charge is -2.25. The number of hydrogen-bond acceptors (Lipinski definition) is 6. The molecule has 106 valence electrons. The van der Waals surface area contributed by atoms with E-state index in [1.165, 1.54) is 0 Å². The Morgan fingerprint density at radius 3 is 2.56 bits per heavy atom. The Labute approximate surface area is 109 Å². The van der Waals surface area contributed by atoms with Crippen molar-refractivity contribution in [3.63, 3.8) is 0 Å². The van der Waals surface area contributed by atoms with Crippen molar-refractivity contribution < 1.29 is 22.8 Å². The molecule has 2 heterocycles. The first-order valence-corrected chi connectivity index (χ1v) is 8.32. The molecule has 2 aliphatic rings. The lowest BCUT2D eigenvalue weighted by Crippen LogP contribution is -2.43. The molecule has 2 atom stereocenters. The van der Waals surface area contributed by atoms with Gasteiger partial charge in [0.1, 0.15) is 0 Å². The predicted octanol–water partition coefficient (Wildman–Crippen LogP) is 0.659. The lowest BCUT2D eigenvalue weighted by atomic mass is 10.2. The van der Waals surface area contributed by atoms with E-state index in [2.05, 4.69) is 4.90 Å². The number of fused-ring (bicyclic) bond motifs is 1. The zero-order chi connectivity index (χ0) is 13.0.